The molecule has 0 aliphatic carbocycles. The highest BCUT2D eigenvalue weighted by Crippen LogP contribution is 2.31. The van der Waals surface area contributed by atoms with Crippen LogP contribution in [0.5, 0.6) is 5.75 Å². The Morgan fingerprint density at radius 1 is 0.963 bits per heavy atom. The van der Waals surface area contributed by atoms with E-state index in [4.69, 9.17) is 16.3 Å². The lowest BCUT2D eigenvalue weighted by molar-refractivity contribution is -0.128. The van der Waals surface area contributed by atoms with Crippen LogP contribution in [0.3, 0.4) is 0 Å². The number of amides is 1. The van der Waals surface area contributed by atoms with Crippen molar-refractivity contribution in [3.8, 4) is 5.75 Å². The smallest absolute Gasteiger partial charge is 0.258 e. The van der Waals surface area contributed by atoms with E-state index < -0.39 is 6.04 Å². The average molecular weight is 382 g/mol. The molecule has 0 aliphatic rings. The van der Waals surface area contributed by atoms with E-state index in [-0.39, 0.29) is 18.3 Å². The Morgan fingerprint density at radius 3 is 2.33 bits per heavy atom. The maximum Gasteiger partial charge on any atom is 0.258 e. The van der Waals surface area contributed by atoms with E-state index in [1.54, 1.807) is 12.1 Å². The molecule has 0 bridgehead atoms. The lowest BCUT2D eigenvalue weighted by Gasteiger charge is -2.17. The molecule has 0 saturated heterocycles. The molecule has 1 amide bonds. The third-order valence-electron chi connectivity index (χ3n) is 4.30. The second-order valence-electron chi connectivity index (χ2n) is 6.30. The number of rotatable bonds is 7. The van der Waals surface area contributed by atoms with Gasteiger partial charge in [-0.2, -0.15) is 0 Å². The van der Waals surface area contributed by atoms with E-state index in [9.17, 15) is 9.59 Å². The molecule has 1 N–H and O–H groups in total. The average Bonchev–Trinajstić information content (AvgIpc) is 2.68. The Kier molecular flexibility index (Phi) is 6.09. The first-order valence-electron chi connectivity index (χ1n) is 8.68. The summed E-state index contributed by atoms with van der Waals surface area (Å²) in [6.45, 7) is 1.30. The molecule has 1 atom stereocenters. The van der Waals surface area contributed by atoms with E-state index in [0.717, 1.165) is 16.3 Å². The van der Waals surface area contributed by atoms with Gasteiger partial charge in [-0.15, -0.1) is 0 Å². The number of halogens is 1. The van der Waals surface area contributed by atoms with Gasteiger partial charge in [-0.05, 0) is 31.0 Å². The Labute approximate surface area is 163 Å². The second kappa shape index (κ2) is 8.69. The van der Waals surface area contributed by atoms with Crippen LogP contribution in [0.4, 0.5) is 0 Å². The summed E-state index contributed by atoms with van der Waals surface area (Å²) in [5.41, 5.74) is 0.989. The summed E-state index contributed by atoms with van der Waals surface area (Å²) >= 11 is 6.20. The third-order valence-corrected chi connectivity index (χ3v) is 4.63. The van der Waals surface area contributed by atoms with Crippen LogP contribution >= 0.6 is 11.6 Å². The first-order valence-corrected chi connectivity index (χ1v) is 9.06. The van der Waals surface area contributed by atoms with Crippen LogP contribution in [0.15, 0.2) is 66.7 Å². The molecular formula is C22H20ClNO3. The summed E-state index contributed by atoms with van der Waals surface area (Å²) in [4.78, 5) is 24.2. The van der Waals surface area contributed by atoms with Gasteiger partial charge in [0.15, 0.2) is 12.4 Å². The molecule has 0 radical (unpaired) electrons. The van der Waals surface area contributed by atoms with Crippen molar-refractivity contribution in [3.05, 3.63) is 77.3 Å². The number of hydrogen-bond acceptors (Lipinski definition) is 3. The van der Waals surface area contributed by atoms with Gasteiger partial charge in [0, 0.05) is 15.8 Å². The predicted octanol–water partition coefficient (Wildman–Crippen LogP) is 4.19. The van der Waals surface area contributed by atoms with Crippen molar-refractivity contribution in [1.29, 1.82) is 0 Å². The maximum absolute atomic E-state index is 12.3. The molecule has 0 aliphatic heterocycles. The molecule has 27 heavy (non-hydrogen) atoms. The predicted molar refractivity (Wildman–Crippen MR) is 107 cm³/mol. The standard InChI is InChI=1S/C22H20ClNO3/c1-15(25)20(13-16-7-3-2-4-8-16)24-22(26)14-27-21-12-11-19(23)17-9-5-6-10-18(17)21/h2-12,20H,13-14H2,1H3,(H,24,26)/t20-/m1/s1. The summed E-state index contributed by atoms with van der Waals surface area (Å²) in [5.74, 6) is 0.141. The topological polar surface area (TPSA) is 55.4 Å². The summed E-state index contributed by atoms with van der Waals surface area (Å²) in [6.07, 6.45) is 0.450. The Morgan fingerprint density at radius 2 is 1.63 bits per heavy atom. The minimum Gasteiger partial charge on any atom is -0.483 e. The largest absolute Gasteiger partial charge is 0.483 e. The van der Waals surface area contributed by atoms with Crippen LogP contribution < -0.4 is 10.1 Å². The van der Waals surface area contributed by atoms with Crippen molar-refractivity contribution in [3.63, 3.8) is 0 Å². The normalized spacial score (nSPS) is 11.8. The zero-order valence-electron chi connectivity index (χ0n) is 14.9. The fourth-order valence-corrected chi connectivity index (χ4v) is 3.11. The van der Waals surface area contributed by atoms with Crippen molar-refractivity contribution < 1.29 is 14.3 Å². The molecular weight excluding hydrogens is 362 g/mol. The third kappa shape index (κ3) is 4.86. The summed E-state index contributed by atoms with van der Waals surface area (Å²) in [6, 6.07) is 20.1. The number of ether oxygens (including phenoxy) is 1. The molecule has 4 nitrogen and oxygen atoms in total. The van der Waals surface area contributed by atoms with Gasteiger partial charge in [-0.3, -0.25) is 9.59 Å². The molecule has 0 heterocycles. The number of fused-ring (bicyclic) bond motifs is 1. The minimum absolute atomic E-state index is 0.0934. The van der Waals surface area contributed by atoms with Crippen molar-refractivity contribution in [2.45, 2.75) is 19.4 Å². The highest BCUT2D eigenvalue weighted by molar-refractivity contribution is 6.35. The lowest BCUT2D eigenvalue weighted by atomic mass is 10.0. The van der Waals surface area contributed by atoms with Gasteiger partial charge in [-0.25, -0.2) is 0 Å². The number of hydrogen-bond donors (Lipinski definition) is 1. The van der Waals surface area contributed by atoms with Crippen LogP contribution in [0.2, 0.25) is 5.02 Å². The van der Waals surface area contributed by atoms with Gasteiger partial charge in [-0.1, -0.05) is 66.2 Å². The Balaban J connectivity index is 1.65. The monoisotopic (exact) mass is 381 g/mol. The van der Waals surface area contributed by atoms with E-state index >= 15 is 0 Å². The SMILES string of the molecule is CC(=O)[C@@H](Cc1ccccc1)NC(=O)COc1ccc(Cl)c2ccccc12. The van der Waals surface area contributed by atoms with Crippen molar-refractivity contribution >= 4 is 34.1 Å². The van der Waals surface area contributed by atoms with E-state index in [1.807, 2.05) is 54.6 Å². The van der Waals surface area contributed by atoms with E-state index in [2.05, 4.69) is 5.32 Å². The highest BCUT2D eigenvalue weighted by Gasteiger charge is 2.18. The molecule has 3 rings (SSSR count). The van der Waals surface area contributed by atoms with Crippen molar-refractivity contribution in [2.75, 3.05) is 6.61 Å². The fourth-order valence-electron chi connectivity index (χ4n) is 2.89. The summed E-state index contributed by atoms with van der Waals surface area (Å²) in [5, 5.41) is 5.08. The number of Topliss-reactive ketones (excluding diaryl/α,β-unsaturated/α-hetero) is 1. The molecule has 138 valence electrons. The molecule has 0 spiro atoms. The van der Waals surface area contributed by atoms with Gasteiger partial charge in [0.05, 0.1) is 6.04 Å². The molecule has 0 saturated carbocycles. The molecule has 5 heteroatoms. The first kappa shape index (κ1) is 18.9. The van der Waals surface area contributed by atoms with Gasteiger partial charge in [0.2, 0.25) is 0 Å². The highest BCUT2D eigenvalue weighted by atomic mass is 35.5. The van der Waals surface area contributed by atoms with Gasteiger partial charge >= 0.3 is 0 Å². The quantitative estimate of drug-likeness (QED) is 0.667. The number of carbonyl (C=O) groups is 2. The molecule has 0 unspecified atom stereocenters. The number of carbonyl (C=O) groups excluding carboxylic acids is 2. The molecule has 0 aromatic heterocycles. The molecule has 3 aromatic rings. The van der Waals surface area contributed by atoms with Crippen LogP contribution in [0, 0.1) is 0 Å². The van der Waals surface area contributed by atoms with Gasteiger partial charge < -0.3 is 10.1 Å². The maximum atomic E-state index is 12.3. The van der Waals surface area contributed by atoms with Crippen LogP contribution in [-0.2, 0) is 16.0 Å². The second-order valence-corrected chi connectivity index (χ2v) is 6.71. The molecule has 3 aromatic carbocycles. The van der Waals surface area contributed by atoms with E-state index in [0.29, 0.717) is 17.2 Å². The van der Waals surface area contributed by atoms with Crippen LogP contribution in [0.1, 0.15) is 12.5 Å². The number of benzene rings is 3. The Hall–Kier alpha value is -2.85. The number of nitrogens with one attached hydrogen (secondary N) is 1. The zero-order valence-corrected chi connectivity index (χ0v) is 15.7. The summed E-state index contributed by atoms with van der Waals surface area (Å²) in [7, 11) is 0. The zero-order chi connectivity index (χ0) is 19.2. The van der Waals surface area contributed by atoms with Crippen LogP contribution in [0.25, 0.3) is 10.8 Å². The Bertz CT molecular complexity index is 956. The molecule has 0 fully saturated rings. The van der Waals surface area contributed by atoms with Gasteiger partial charge in [0.25, 0.3) is 5.91 Å². The lowest BCUT2D eigenvalue weighted by Crippen LogP contribution is -2.43. The van der Waals surface area contributed by atoms with Crippen LogP contribution in [-0.4, -0.2) is 24.3 Å². The first-order chi connectivity index (χ1) is 13.0. The minimum atomic E-state index is -0.578. The number of ketones is 1. The van der Waals surface area contributed by atoms with E-state index in [1.165, 1.54) is 6.92 Å². The van der Waals surface area contributed by atoms with Gasteiger partial charge in [0.1, 0.15) is 5.75 Å². The van der Waals surface area contributed by atoms with Crippen molar-refractivity contribution in [2.24, 2.45) is 0 Å². The fraction of sp³-hybridized carbons (Fsp3) is 0.182. The summed E-state index contributed by atoms with van der Waals surface area (Å²) < 4.78 is 5.68. The van der Waals surface area contributed by atoms with Crippen molar-refractivity contribution in [1.82, 2.24) is 5.32 Å².